The molecule has 0 saturated carbocycles. The van der Waals surface area contributed by atoms with E-state index in [9.17, 15) is 19.7 Å². The fraction of sp³-hybridized carbons (Fsp3) is 0.529. The topological polar surface area (TPSA) is 105 Å². The second-order valence-corrected chi connectivity index (χ2v) is 6.61. The molecule has 1 aliphatic rings. The zero-order valence-electron chi connectivity index (χ0n) is 15.1. The predicted octanol–water partition coefficient (Wildman–Crippen LogP) is 2.25. The minimum atomic E-state index is -0.724. The highest BCUT2D eigenvalue weighted by atomic mass is 35.5. The van der Waals surface area contributed by atoms with Crippen molar-refractivity contribution in [3.8, 4) is 0 Å². The minimum Gasteiger partial charge on any atom is -0.343 e. The first-order valence-electron chi connectivity index (χ1n) is 8.63. The third-order valence-corrected chi connectivity index (χ3v) is 4.78. The SMILES string of the molecule is CCNCC1CCN(C(=O)CNC(=O)c2c(Cl)cccc2[N+](=O)[O-])CC1.Cl. The lowest BCUT2D eigenvalue weighted by Gasteiger charge is -2.32. The average Bonchev–Trinajstić information content (AvgIpc) is 2.64. The maximum absolute atomic E-state index is 12.3. The van der Waals surface area contributed by atoms with Crippen molar-refractivity contribution in [3.63, 3.8) is 0 Å². The molecule has 8 nitrogen and oxygen atoms in total. The highest BCUT2D eigenvalue weighted by Crippen LogP contribution is 2.26. The van der Waals surface area contributed by atoms with E-state index in [1.54, 1.807) is 4.90 Å². The predicted molar refractivity (Wildman–Crippen MR) is 106 cm³/mol. The van der Waals surface area contributed by atoms with Crippen LogP contribution in [0.15, 0.2) is 18.2 Å². The van der Waals surface area contributed by atoms with Crippen molar-refractivity contribution in [2.75, 3.05) is 32.7 Å². The van der Waals surface area contributed by atoms with Crippen LogP contribution in [0.3, 0.4) is 0 Å². The number of nitrogens with one attached hydrogen (secondary N) is 2. The van der Waals surface area contributed by atoms with Gasteiger partial charge in [0.15, 0.2) is 0 Å². The number of benzene rings is 1. The zero-order valence-corrected chi connectivity index (χ0v) is 16.6. The maximum atomic E-state index is 12.3. The van der Waals surface area contributed by atoms with Crippen LogP contribution < -0.4 is 10.6 Å². The molecule has 2 rings (SSSR count). The second kappa shape index (κ2) is 11.1. The van der Waals surface area contributed by atoms with Gasteiger partial charge in [-0.15, -0.1) is 12.4 Å². The molecule has 150 valence electrons. The molecule has 0 aliphatic carbocycles. The summed E-state index contributed by atoms with van der Waals surface area (Å²) in [6.07, 6.45) is 1.84. The fourth-order valence-corrected chi connectivity index (χ4v) is 3.24. The Morgan fingerprint density at radius 1 is 1.33 bits per heavy atom. The first kappa shape index (κ1) is 23.1. The molecule has 2 N–H and O–H groups in total. The van der Waals surface area contributed by atoms with E-state index in [4.69, 9.17) is 11.6 Å². The average molecular weight is 419 g/mol. The Morgan fingerprint density at radius 3 is 2.59 bits per heavy atom. The Labute approximate surface area is 169 Å². The Morgan fingerprint density at radius 2 is 2.00 bits per heavy atom. The van der Waals surface area contributed by atoms with E-state index in [0.29, 0.717) is 19.0 Å². The molecule has 1 aromatic rings. The van der Waals surface area contributed by atoms with Gasteiger partial charge in [0.05, 0.1) is 16.5 Å². The quantitative estimate of drug-likeness (QED) is 0.521. The van der Waals surface area contributed by atoms with Crippen LogP contribution in [0.1, 0.15) is 30.1 Å². The van der Waals surface area contributed by atoms with Crippen LogP contribution in [0, 0.1) is 16.0 Å². The fourth-order valence-electron chi connectivity index (χ4n) is 2.98. The van der Waals surface area contributed by atoms with Gasteiger partial charge in [-0.2, -0.15) is 0 Å². The largest absolute Gasteiger partial charge is 0.343 e. The molecule has 1 saturated heterocycles. The number of carbonyl (C=O) groups excluding carboxylic acids is 2. The highest BCUT2D eigenvalue weighted by Gasteiger charge is 2.26. The number of nitro groups is 1. The molecule has 0 spiro atoms. The monoisotopic (exact) mass is 418 g/mol. The molecule has 0 unspecified atom stereocenters. The van der Waals surface area contributed by atoms with E-state index in [1.165, 1.54) is 18.2 Å². The maximum Gasteiger partial charge on any atom is 0.283 e. The van der Waals surface area contributed by atoms with Crippen molar-refractivity contribution in [2.45, 2.75) is 19.8 Å². The van der Waals surface area contributed by atoms with E-state index in [0.717, 1.165) is 25.9 Å². The third kappa shape index (κ3) is 6.34. The molecule has 0 bridgehead atoms. The summed E-state index contributed by atoms with van der Waals surface area (Å²) in [4.78, 5) is 36.7. The van der Waals surface area contributed by atoms with Gasteiger partial charge in [-0.05, 0) is 37.9 Å². The number of likely N-dealkylation sites (tertiary alicyclic amines) is 1. The molecule has 1 aliphatic heterocycles. The molecule has 1 aromatic carbocycles. The summed E-state index contributed by atoms with van der Waals surface area (Å²) in [5.41, 5.74) is -0.608. The second-order valence-electron chi connectivity index (χ2n) is 6.21. The number of rotatable bonds is 7. The van der Waals surface area contributed by atoms with Crippen LogP contribution in [0.2, 0.25) is 5.02 Å². The van der Waals surface area contributed by atoms with Gasteiger partial charge >= 0.3 is 0 Å². The summed E-state index contributed by atoms with van der Waals surface area (Å²) in [6, 6.07) is 4.01. The van der Waals surface area contributed by atoms with Crippen molar-refractivity contribution in [1.82, 2.24) is 15.5 Å². The smallest absolute Gasteiger partial charge is 0.283 e. The molecule has 27 heavy (non-hydrogen) atoms. The lowest BCUT2D eigenvalue weighted by atomic mass is 9.97. The van der Waals surface area contributed by atoms with E-state index in [1.807, 2.05) is 0 Å². The Bertz CT molecular complexity index is 679. The van der Waals surface area contributed by atoms with Crippen LogP contribution in [0.25, 0.3) is 0 Å². The number of nitro benzene ring substituents is 1. The molecule has 1 fully saturated rings. The Hall–Kier alpha value is -1.90. The molecule has 2 amide bonds. The minimum absolute atomic E-state index is 0. The first-order chi connectivity index (χ1) is 12.4. The summed E-state index contributed by atoms with van der Waals surface area (Å²) in [6.45, 7) is 5.03. The van der Waals surface area contributed by atoms with Crippen molar-refractivity contribution >= 4 is 41.5 Å². The number of hydrogen-bond donors (Lipinski definition) is 2. The van der Waals surface area contributed by atoms with E-state index in [-0.39, 0.29) is 41.1 Å². The number of amides is 2. The van der Waals surface area contributed by atoms with Crippen molar-refractivity contribution in [3.05, 3.63) is 38.9 Å². The van der Waals surface area contributed by atoms with Crippen molar-refractivity contribution in [2.24, 2.45) is 5.92 Å². The molecular formula is C17H24Cl2N4O4. The first-order valence-corrected chi connectivity index (χ1v) is 9.01. The van der Waals surface area contributed by atoms with Crippen LogP contribution >= 0.6 is 24.0 Å². The number of halogens is 2. The lowest BCUT2D eigenvalue weighted by Crippen LogP contribution is -2.45. The van der Waals surface area contributed by atoms with Gasteiger partial charge < -0.3 is 15.5 Å². The summed E-state index contributed by atoms with van der Waals surface area (Å²) < 4.78 is 0. The van der Waals surface area contributed by atoms with Gasteiger partial charge in [-0.3, -0.25) is 19.7 Å². The van der Waals surface area contributed by atoms with Gasteiger partial charge in [0.25, 0.3) is 11.6 Å². The van der Waals surface area contributed by atoms with E-state index in [2.05, 4.69) is 17.6 Å². The molecular weight excluding hydrogens is 395 g/mol. The zero-order chi connectivity index (χ0) is 19.1. The Balaban J connectivity index is 0.00000364. The Kier molecular flexibility index (Phi) is 9.48. The summed E-state index contributed by atoms with van der Waals surface area (Å²) >= 11 is 5.92. The summed E-state index contributed by atoms with van der Waals surface area (Å²) in [7, 11) is 0. The van der Waals surface area contributed by atoms with Crippen LogP contribution in [0.5, 0.6) is 0 Å². The van der Waals surface area contributed by atoms with Crippen LogP contribution in [0.4, 0.5) is 5.69 Å². The van der Waals surface area contributed by atoms with Gasteiger partial charge in [-0.25, -0.2) is 0 Å². The number of carbonyl (C=O) groups is 2. The number of hydrogen-bond acceptors (Lipinski definition) is 5. The van der Waals surface area contributed by atoms with Gasteiger partial charge in [0.2, 0.25) is 5.91 Å². The standard InChI is InChI=1S/C17H23ClN4O4.ClH/c1-2-19-10-12-6-8-21(9-7-12)15(23)11-20-17(24)16-13(18)4-3-5-14(16)22(25)26;/h3-5,12,19H,2,6-11H2,1H3,(H,20,24);1H. The van der Waals surface area contributed by atoms with Crippen molar-refractivity contribution < 1.29 is 14.5 Å². The molecule has 0 atom stereocenters. The normalized spacial score (nSPS) is 14.4. The van der Waals surface area contributed by atoms with Gasteiger partial charge in [-0.1, -0.05) is 24.6 Å². The summed E-state index contributed by atoms with van der Waals surface area (Å²) in [5.74, 6) is -0.369. The van der Waals surface area contributed by atoms with Crippen LogP contribution in [-0.4, -0.2) is 54.4 Å². The number of piperidine rings is 1. The van der Waals surface area contributed by atoms with Crippen molar-refractivity contribution in [1.29, 1.82) is 0 Å². The van der Waals surface area contributed by atoms with E-state index >= 15 is 0 Å². The molecule has 1 heterocycles. The third-order valence-electron chi connectivity index (χ3n) is 4.47. The molecule has 0 aromatic heterocycles. The van der Waals surface area contributed by atoms with Crippen LogP contribution in [-0.2, 0) is 4.79 Å². The van der Waals surface area contributed by atoms with Gasteiger partial charge in [0.1, 0.15) is 5.56 Å². The molecule has 10 heteroatoms. The molecule has 0 radical (unpaired) electrons. The summed E-state index contributed by atoms with van der Waals surface area (Å²) in [5, 5.41) is 16.8. The van der Waals surface area contributed by atoms with E-state index < -0.39 is 10.8 Å². The highest BCUT2D eigenvalue weighted by molar-refractivity contribution is 6.34. The van der Waals surface area contributed by atoms with Gasteiger partial charge in [0, 0.05) is 19.2 Å². The lowest BCUT2D eigenvalue weighted by molar-refractivity contribution is -0.385. The number of nitrogens with zero attached hydrogens (tertiary/aromatic N) is 2.